The van der Waals surface area contributed by atoms with Crippen molar-refractivity contribution in [3.8, 4) is 5.75 Å². The van der Waals surface area contributed by atoms with E-state index in [1.165, 1.54) is 5.56 Å². The number of aromatic nitrogens is 2. The van der Waals surface area contributed by atoms with Crippen molar-refractivity contribution < 1.29 is 14.3 Å². The maximum absolute atomic E-state index is 13.2. The van der Waals surface area contributed by atoms with Gasteiger partial charge in [-0.3, -0.25) is 19.6 Å². The first-order valence-electron chi connectivity index (χ1n) is 12.5. The van der Waals surface area contributed by atoms with Gasteiger partial charge in [-0.15, -0.1) is 0 Å². The zero-order valence-corrected chi connectivity index (χ0v) is 20.2. The van der Waals surface area contributed by atoms with Crippen molar-refractivity contribution in [1.29, 1.82) is 0 Å². The second-order valence-corrected chi connectivity index (χ2v) is 9.65. The van der Waals surface area contributed by atoms with Crippen LogP contribution >= 0.6 is 0 Å². The lowest BCUT2D eigenvalue weighted by molar-refractivity contribution is -0.135. The summed E-state index contributed by atoms with van der Waals surface area (Å²) in [5, 5.41) is 13.2. The van der Waals surface area contributed by atoms with Crippen LogP contribution in [0, 0.1) is 12.3 Å². The number of rotatable bonds is 4. The number of amides is 2. The Morgan fingerprint density at radius 1 is 1.18 bits per heavy atom. The first kappa shape index (κ1) is 24.3. The van der Waals surface area contributed by atoms with Crippen molar-refractivity contribution in [2.45, 2.75) is 58.4 Å². The number of para-hydroxylation sites is 1. The standard InChI is InChI=1S/C26H37N5O3/c1-20-17-22(30-29-20)18-28-24(32)19-31-14-11-26(12-15-31)10-5-4-8-21-7-2-3-9-23(21)34-16-6-13-27-25(26)33/h2-3,7,9,17H,4-6,8,10-16,18-19H2,1H3,(H,27,33)(H,28,32)(H,29,30). The molecule has 0 aliphatic carbocycles. The van der Waals surface area contributed by atoms with Gasteiger partial charge in [-0.1, -0.05) is 24.6 Å². The van der Waals surface area contributed by atoms with Crippen molar-refractivity contribution in [2.75, 3.05) is 32.8 Å². The Bertz CT molecular complexity index is 965. The van der Waals surface area contributed by atoms with Crippen molar-refractivity contribution >= 4 is 11.8 Å². The highest BCUT2D eigenvalue weighted by Crippen LogP contribution is 2.37. The monoisotopic (exact) mass is 467 g/mol. The predicted octanol–water partition coefficient (Wildman–Crippen LogP) is 2.73. The van der Waals surface area contributed by atoms with Gasteiger partial charge in [0.1, 0.15) is 5.75 Å². The highest BCUT2D eigenvalue weighted by molar-refractivity contribution is 5.83. The number of aromatic amines is 1. The average Bonchev–Trinajstić information content (AvgIpc) is 3.27. The number of piperidine rings is 1. The largest absolute Gasteiger partial charge is 0.493 e. The summed E-state index contributed by atoms with van der Waals surface area (Å²) in [5.74, 6) is 1.13. The highest BCUT2D eigenvalue weighted by atomic mass is 16.5. The van der Waals surface area contributed by atoms with Gasteiger partial charge in [0.25, 0.3) is 0 Å². The van der Waals surface area contributed by atoms with E-state index in [2.05, 4.69) is 37.9 Å². The molecule has 1 spiro atoms. The van der Waals surface area contributed by atoms with E-state index in [0.29, 0.717) is 26.2 Å². The van der Waals surface area contributed by atoms with E-state index >= 15 is 0 Å². The molecule has 4 rings (SSSR count). The fourth-order valence-corrected chi connectivity index (χ4v) is 5.02. The minimum Gasteiger partial charge on any atom is -0.493 e. The normalized spacial score (nSPS) is 19.6. The topological polar surface area (TPSA) is 99.4 Å². The lowest BCUT2D eigenvalue weighted by Gasteiger charge is -2.40. The molecule has 0 radical (unpaired) electrons. The Labute approximate surface area is 201 Å². The molecule has 2 aromatic rings. The number of nitrogens with one attached hydrogen (secondary N) is 3. The van der Waals surface area contributed by atoms with Gasteiger partial charge in [0.05, 0.1) is 30.8 Å². The van der Waals surface area contributed by atoms with Crippen LogP contribution in [0.15, 0.2) is 30.3 Å². The van der Waals surface area contributed by atoms with Crippen LogP contribution in [-0.4, -0.2) is 59.7 Å². The van der Waals surface area contributed by atoms with Crippen LogP contribution < -0.4 is 15.4 Å². The Morgan fingerprint density at radius 3 is 2.79 bits per heavy atom. The van der Waals surface area contributed by atoms with Crippen LogP contribution in [0.3, 0.4) is 0 Å². The molecule has 0 atom stereocenters. The molecule has 3 heterocycles. The van der Waals surface area contributed by atoms with Crippen LogP contribution in [-0.2, 0) is 22.6 Å². The summed E-state index contributed by atoms with van der Waals surface area (Å²) in [6.45, 7) is 5.47. The van der Waals surface area contributed by atoms with Crippen LogP contribution in [0.2, 0.25) is 0 Å². The predicted molar refractivity (Wildman–Crippen MR) is 130 cm³/mol. The van der Waals surface area contributed by atoms with E-state index in [4.69, 9.17) is 4.74 Å². The molecule has 1 aromatic carbocycles. The lowest BCUT2D eigenvalue weighted by Crippen LogP contribution is -2.50. The van der Waals surface area contributed by atoms with Gasteiger partial charge < -0.3 is 15.4 Å². The van der Waals surface area contributed by atoms with Gasteiger partial charge in [0.15, 0.2) is 0 Å². The van der Waals surface area contributed by atoms with Gasteiger partial charge >= 0.3 is 0 Å². The number of benzene rings is 1. The lowest BCUT2D eigenvalue weighted by atomic mass is 9.73. The number of carbonyl (C=O) groups is 2. The number of H-pyrrole nitrogens is 1. The summed E-state index contributed by atoms with van der Waals surface area (Å²) in [6, 6.07) is 10.2. The molecular formula is C26H37N5O3. The number of ether oxygens (including phenoxy) is 1. The molecule has 3 N–H and O–H groups in total. The molecule has 8 heteroatoms. The van der Waals surface area contributed by atoms with Crippen molar-refractivity contribution in [1.82, 2.24) is 25.7 Å². The zero-order chi connectivity index (χ0) is 23.8. The van der Waals surface area contributed by atoms with Gasteiger partial charge in [-0.25, -0.2) is 0 Å². The molecule has 8 nitrogen and oxygen atoms in total. The Morgan fingerprint density at radius 2 is 2.00 bits per heavy atom. The molecule has 2 aliphatic rings. The van der Waals surface area contributed by atoms with Crippen molar-refractivity contribution in [3.63, 3.8) is 0 Å². The van der Waals surface area contributed by atoms with E-state index in [-0.39, 0.29) is 17.2 Å². The van der Waals surface area contributed by atoms with Gasteiger partial charge in [-0.05, 0) is 76.2 Å². The molecule has 0 unspecified atom stereocenters. The van der Waals surface area contributed by atoms with Crippen LogP contribution in [0.5, 0.6) is 5.75 Å². The van der Waals surface area contributed by atoms with Gasteiger partial charge in [0, 0.05) is 12.2 Å². The molecular weight excluding hydrogens is 430 g/mol. The third-order valence-electron chi connectivity index (χ3n) is 7.08. The summed E-state index contributed by atoms with van der Waals surface area (Å²) >= 11 is 0. The van der Waals surface area contributed by atoms with E-state index in [1.807, 2.05) is 25.1 Å². The second kappa shape index (κ2) is 11.5. The number of hydrogen-bond donors (Lipinski definition) is 3. The number of carbonyl (C=O) groups excluding carboxylic acids is 2. The van der Waals surface area contributed by atoms with E-state index in [0.717, 1.165) is 75.2 Å². The fraction of sp³-hybridized carbons (Fsp3) is 0.577. The number of fused-ring (bicyclic) bond motifs is 1. The van der Waals surface area contributed by atoms with Gasteiger partial charge in [0.2, 0.25) is 11.8 Å². The maximum Gasteiger partial charge on any atom is 0.234 e. The fourth-order valence-electron chi connectivity index (χ4n) is 5.02. The smallest absolute Gasteiger partial charge is 0.234 e. The molecule has 0 bridgehead atoms. The molecule has 184 valence electrons. The summed E-state index contributed by atoms with van der Waals surface area (Å²) < 4.78 is 5.97. The SMILES string of the molecule is Cc1cc(CNC(=O)CN2CCC3(CCCCc4ccccc4OCCCNC3=O)CC2)n[nH]1. The molecule has 2 amide bonds. The first-order valence-corrected chi connectivity index (χ1v) is 12.5. The summed E-state index contributed by atoms with van der Waals surface area (Å²) in [6.07, 6.45) is 6.27. The number of nitrogens with zero attached hydrogens (tertiary/aromatic N) is 2. The molecule has 1 fully saturated rings. The Balaban J connectivity index is 1.30. The van der Waals surface area contributed by atoms with Crippen molar-refractivity contribution in [3.05, 3.63) is 47.3 Å². The quantitative estimate of drug-likeness (QED) is 0.642. The molecule has 2 aliphatic heterocycles. The van der Waals surface area contributed by atoms with Crippen LogP contribution in [0.25, 0.3) is 0 Å². The third-order valence-corrected chi connectivity index (χ3v) is 7.08. The number of likely N-dealkylation sites (tertiary alicyclic amines) is 1. The average molecular weight is 468 g/mol. The second-order valence-electron chi connectivity index (χ2n) is 9.65. The van der Waals surface area contributed by atoms with Crippen LogP contribution in [0.1, 0.15) is 55.5 Å². The third kappa shape index (κ3) is 6.38. The van der Waals surface area contributed by atoms with E-state index in [9.17, 15) is 9.59 Å². The maximum atomic E-state index is 13.2. The van der Waals surface area contributed by atoms with E-state index < -0.39 is 0 Å². The number of hydrogen-bond acceptors (Lipinski definition) is 5. The minimum atomic E-state index is -0.339. The summed E-state index contributed by atoms with van der Waals surface area (Å²) in [7, 11) is 0. The molecule has 0 saturated carbocycles. The highest BCUT2D eigenvalue weighted by Gasteiger charge is 2.40. The Hall–Kier alpha value is -2.87. The molecule has 34 heavy (non-hydrogen) atoms. The summed E-state index contributed by atoms with van der Waals surface area (Å²) in [4.78, 5) is 27.8. The molecule has 1 saturated heterocycles. The zero-order valence-electron chi connectivity index (χ0n) is 20.2. The minimum absolute atomic E-state index is 0.00494. The Kier molecular flexibility index (Phi) is 8.21. The van der Waals surface area contributed by atoms with Gasteiger partial charge in [-0.2, -0.15) is 5.10 Å². The van der Waals surface area contributed by atoms with Crippen molar-refractivity contribution in [2.24, 2.45) is 5.41 Å². The first-order chi connectivity index (χ1) is 16.5. The number of aryl methyl sites for hydroxylation is 2. The van der Waals surface area contributed by atoms with E-state index in [1.54, 1.807) is 0 Å². The summed E-state index contributed by atoms with van der Waals surface area (Å²) in [5.41, 5.74) is 2.72. The molecule has 1 aromatic heterocycles. The van der Waals surface area contributed by atoms with Crippen LogP contribution in [0.4, 0.5) is 0 Å².